The van der Waals surface area contributed by atoms with Crippen molar-refractivity contribution in [3.05, 3.63) is 33.8 Å². The van der Waals surface area contributed by atoms with Gasteiger partial charge in [0.15, 0.2) is 0 Å². The van der Waals surface area contributed by atoms with Gasteiger partial charge in [-0.2, -0.15) is 0 Å². The second-order valence-electron chi connectivity index (χ2n) is 3.16. The number of aliphatic hydroxyl groups is 2. The quantitative estimate of drug-likeness (QED) is 0.838. The fourth-order valence-corrected chi connectivity index (χ4v) is 2.10. The lowest BCUT2D eigenvalue weighted by molar-refractivity contribution is 0.0174. The first-order valence-corrected chi connectivity index (χ1v) is 6.31. The molecule has 0 fully saturated rings. The molecule has 5 heteroatoms. The van der Waals surface area contributed by atoms with E-state index in [4.69, 9.17) is 23.2 Å². The molecule has 0 heterocycles. The number of rotatable bonds is 4. The number of hydrogen-bond donors (Lipinski definition) is 2. The van der Waals surface area contributed by atoms with Crippen molar-refractivity contribution in [1.29, 1.82) is 0 Å². The summed E-state index contributed by atoms with van der Waals surface area (Å²) < 4.78 is 0. The first-order valence-electron chi connectivity index (χ1n) is 4.43. The van der Waals surface area contributed by atoms with Crippen LogP contribution in [0.1, 0.15) is 18.1 Å². The van der Waals surface area contributed by atoms with Gasteiger partial charge in [0, 0.05) is 20.9 Å². The average Bonchev–Trinajstić information content (AvgIpc) is 2.21. The highest BCUT2D eigenvalue weighted by atomic mass is 79.9. The number of benzene rings is 1. The Hall–Kier alpha value is 0.200. The van der Waals surface area contributed by atoms with Gasteiger partial charge in [-0.15, -0.1) is 0 Å². The van der Waals surface area contributed by atoms with Gasteiger partial charge in [-0.1, -0.05) is 39.1 Å². The summed E-state index contributed by atoms with van der Waals surface area (Å²) in [5.74, 6) is 0. The minimum Gasteiger partial charge on any atom is -0.390 e. The molecule has 1 aromatic rings. The highest BCUT2D eigenvalue weighted by molar-refractivity contribution is 9.09. The molecule has 0 aliphatic carbocycles. The topological polar surface area (TPSA) is 40.5 Å². The van der Waals surface area contributed by atoms with Crippen molar-refractivity contribution in [3.8, 4) is 0 Å². The molecular formula is C10H11BrCl2O2. The number of hydrogen-bond acceptors (Lipinski definition) is 2. The molecule has 0 bridgehead atoms. The predicted molar refractivity (Wildman–Crippen MR) is 65.8 cm³/mol. The second kappa shape index (κ2) is 6.06. The minimum absolute atomic E-state index is 0.403. The van der Waals surface area contributed by atoms with Crippen molar-refractivity contribution in [1.82, 2.24) is 0 Å². The van der Waals surface area contributed by atoms with Crippen LogP contribution < -0.4 is 0 Å². The molecule has 1 aromatic carbocycles. The molecular weight excluding hydrogens is 303 g/mol. The van der Waals surface area contributed by atoms with Crippen LogP contribution >= 0.6 is 39.1 Å². The molecule has 0 spiro atoms. The molecule has 2 N–H and O–H groups in total. The number of aliphatic hydroxyl groups excluding tert-OH is 2. The molecule has 1 rings (SSSR count). The van der Waals surface area contributed by atoms with Gasteiger partial charge in [-0.3, -0.25) is 0 Å². The van der Waals surface area contributed by atoms with E-state index < -0.39 is 12.2 Å². The van der Waals surface area contributed by atoms with Crippen molar-refractivity contribution in [2.75, 3.05) is 5.33 Å². The first kappa shape index (κ1) is 13.3. The van der Waals surface area contributed by atoms with E-state index in [9.17, 15) is 10.2 Å². The van der Waals surface area contributed by atoms with Crippen LogP contribution in [-0.2, 0) is 0 Å². The number of alkyl halides is 1. The lowest BCUT2D eigenvalue weighted by atomic mass is 10.0. The standard InChI is InChI=1S/C10H11BrCl2O2/c11-4-3-9(14)10(15)7-5-6(12)1-2-8(7)13/h1-2,5,9-10,14-15H,3-4H2. The highest BCUT2D eigenvalue weighted by Gasteiger charge is 2.20. The summed E-state index contributed by atoms with van der Waals surface area (Å²) in [7, 11) is 0. The van der Waals surface area contributed by atoms with Gasteiger partial charge in [0.25, 0.3) is 0 Å². The summed E-state index contributed by atoms with van der Waals surface area (Å²) in [6.45, 7) is 0. The summed E-state index contributed by atoms with van der Waals surface area (Å²) >= 11 is 14.9. The van der Waals surface area contributed by atoms with E-state index in [1.807, 2.05) is 0 Å². The van der Waals surface area contributed by atoms with Gasteiger partial charge >= 0.3 is 0 Å². The van der Waals surface area contributed by atoms with Crippen LogP contribution in [0.3, 0.4) is 0 Å². The smallest absolute Gasteiger partial charge is 0.106 e. The van der Waals surface area contributed by atoms with Crippen molar-refractivity contribution >= 4 is 39.1 Å². The molecule has 84 valence electrons. The molecule has 2 nitrogen and oxygen atoms in total. The lowest BCUT2D eigenvalue weighted by Crippen LogP contribution is -2.18. The Morgan fingerprint density at radius 3 is 2.53 bits per heavy atom. The minimum atomic E-state index is -1.01. The van der Waals surface area contributed by atoms with E-state index in [1.165, 1.54) is 0 Å². The van der Waals surface area contributed by atoms with Crippen LogP contribution in [0.25, 0.3) is 0 Å². The van der Waals surface area contributed by atoms with Gasteiger partial charge in [-0.25, -0.2) is 0 Å². The SMILES string of the molecule is OC(CCBr)C(O)c1cc(Cl)ccc1Cl. The summed E-state index contributed by atoms with van der Waals surface area (Å²) in [6.07, 6.45) is -1.40. The summed E-state index contributed by atoms with van der Waals surface area (Å²) in [6, 6.07) is 4.80. The fraction of sp³-hybridized carbons (Fsp3) is 0.400. The molecule has 0 aliphatic heterocycles. The molecule has 2 atom stereocenters. The zero-order chi connectivity index (χ0) is 11.4. The molecule has 0 aliphatic rings. The summed E-state index contributed by atoms with van der Waals surface area (Å²) in [4.78, 5) is 0. The van der Waals surface area contributed by atoms with Crippen LogP contribution in [0.2, 0.25) is 10.0 Å². The molecule has 0 aromatic heterocycles. The highest BCUT2D eigenvalue weighted by Crippen LogP contribution is 2.29. The molecule has 15 heavy (non-hydrogen) atoms. The van der Waals surface area contributed by atoms with E-state index in [2.05, 4.69) is 15.9 Å². The largest absolute Gasteiger partial charge is 0.390 e. The van der Waals surface area contributed by atoms with Gasteiger partial charge in [-0.05, 0) is 24.6 Å². The predicted octanol–water partition coefficient (Wildman–Crippen LogP) is 3.17. The van der Waals surface area contributed by atoms with Crippen molar-refractivity contribution in [3.63, 3.8) is 0 Å². The summed E-state index contributed by atoms with van der Waals surface area (Å²) in [5, 5.41) is 20.9. The van der Waals surface area contributed by atoms with Gasteiger partial charge in [0.2, 0.25) is 0 Å². The van der Waals surface area contributed by atoms with E-state index in [0.29, 0.717) is 27.4 Å². The molecule has 2 unspecified atom stereocenters. The van der Waals surface area contributed by atoms with Gasteiger partial charge in [0.05, 0.1) is 6.10 Å². The molecule has 0 saturated heterocycles. The fourth-order valence-electron chi connectivity index (χ4n) is 1.22. The van der Waals surface area contributed by atoms with Crippen molar-refractivity contribution < 1.29 is 10.2 Å². The van der Waals surface area contributed by atoms with E-state index in [0.717, 1.165) is 0 Å². The Labute approximate surface area is 107 Å². The third-order valence-corrected chi connectivity index (χ3v) is 3.08. The summed E-state index contributed by atoms with van der Waals surface area (Å²) in [5.41, 5.74) is 0.456. The second-order valence-corrected chi connectivity index (χ2v) is 4.79. The van der Waals surface area contributed by atoms with Crippen molar-refractivity contribution in [2.24, 2.45) is 0 Å². The zero-order valence-electron chi connectivity index (χ0n) is 7.83. The van der Waals surface area contributed by atoms with Crippen LogP contribution in [0.4, 0.5) is 0 Å². The van der Waals surface area contributed by atoms with Gasteiger partial charge in [0.1, 0.15) is 6.10 Å². The van der Waals surface area contributed by atoms with Crippen molar-refractivity contribution in [2.45, 2.75) is 18.6 Å². The lowest BCUT2D eigenvalue weighted by Gasteiger charge is -2.18. The van der Waals surface area contributed by atoms with E-state index in [-0.39, 0.29) is 0 Å². The van der Waals surface area contributed by atoms with E-state index >= 15 is 0 Å². The van der Waals surface area contributed by atoms with Gasteiger partial charge < -0.3 is 10.2 Å². The van der Waals surface area contributed by atoms with Crippen LogP contribution in [0.15, 0.2) is 18.2 Å². The maximum Gasteiger partial charge on any atom is 0.106 e. The molecule has 0 saturated carbocycles. The Morgan fingerprint density at radius 2 is 1.93 bits per heavy atom. The number of halogens is 3. The van der Waals surface area contributed by atoms with Crippen LogP contribution in [-0.4, -0.2) is 21.6 Å². The Bertz CT molecular complexity index is 333. The monoisotopic (exact) mass is 312 g/mol. The Morgan fingerprint density at radius 1 is 1.27 bits per heavy atom. The van der Waals surface area contributed by atoms with Crippen LogP contribution in [0.5, 0.6) is 0 Å². The third kappa shape index (κ3) is 3.61. The maximum absolute atomic E-state index is 9.81. The zero-order valence-corrected chi connectivity index (χ0v) is 10.9. The Kier molecular flexibility index (Phi) is 5.36. The molecule has 0 radical (unpaired) electrons. The maximum atomic E-state index is 9.81. The molecule has 0 amide bonds. The van der Waals surface area contributed by atoms with Crippen LogP contribution in [0, 0.1) is 0 Å². The third-order valence-electron chi connectivity index (χ3n) is 2.05. The first-order chi connectivity index (χ1) is 7.06. The normalized spacial score (nSPS) is 15.0. The Balaban J connectivity index is 2.89. The van der Waals surface area contributed by atoms with E-state index in [1.54, 1.807) is 18.2 Å². The average molecular weight is 314 g/mol.